The molecule has 0 amide bonds. The Morgan fingerprint density at radius 2 is 2.13 bits per heavy atom. The first-order valence-corrected chi connectivity index (χ1v) is 6.25. The molecular weight excluding hydrogens is 187 g/mol. The van der Waals surface area contributed by atoms with Gasteiger partial charge in [-0.3, -0.25) is 0 Å². The second-order valence-corrected chi connectivity index (χ2v) is 5.76. The lowest BCUT2D eigenvalue weighted by atomic mass is 9.73. The van der Waals surface area contributed by atoms with Crippen molar-refractivity contribution in [1.29, 1.82) is 0 Å². The Morgan fingerprint density at radius 3 is 2.60 bits per heavy atom. The zero-order valence-electron chi connectivity index (χ0n) is 10.6. The first-order chi connectivity index (χ1) is 6.98. The van der Waals surface area contributed by atoms with Crippen LogP contribution >= 0.6 is 0 Å². The number of hydrogen-bond donors (Lipinski definition) is 1. The van der Waals surface area contributed by atoms with E-state index < -0.39 is 0 Å². The van der Waals surface area contributed by atoms with Crippen molar-refractivity contribution in [1.82, 2.24) is 0 Å². The molecule has 3 heteroatoms. The lowest BCUT2D eigenvalue weighted by molar-refractivity contribution is 0.0378. The highest BCUT2D eigenvalue weighted by atomic mass is 16.5. The zero-order valence-corrected chi connectivity index (χ0v) is 10.6. The molecule has 0 saturated carbocycles. The van der Waals surface area contributed by atoms with Gasteiger partial charge in [-0.25, -0.2) is 0 Å². The van der Waals surface area contributed by atoms with E-state index in [4.69, 9.17) is 9.84 Å². The normalized spacial score (nSPS) is 32.1. The van der Waals surface area contributed by atoms with Crippen LogP contribution in [0.5, 0.6) is 0 Å². The van der Waals surface area contributed by atoms with E-state index in [1.807, 2.05) is 0 Å². The molecule has 3 atom stereocenters. The van der Waals surface area contributed by atoms with Crippen molar-refractivity contribution >= 4 is 7.85 Å². The zero-order chi connectivity index (χ0) is 11.5. The predicted octanol–water partition coefficient (Wildman–Crippen LogP) is 1.56. The van der Waals surface area contributed by atoms with Gasteiger partial charge < -0.3 is 9.84 Å². The van der Waals surface area contributed by atoms with Crippen molar-refractivity contribution in [2.24, 2.45) is 11.3 Å². The van der Waals surface area contributed by atoms with Gasteiger partial charge in [0.1, 0.15) is 7.85 Å². The van der Waals surface area contributed by atoms with E-state index in [1.54, 1.807) is 0 Å². The Labute approximate surface area is 94.8 Å². The highest BCUT2D eigenvalue weighted by Gasteiger charge is 2.34. The van der Waals surface area contributed by atoms with Crippen LogP contribution in [0.2, 0.25) is 0 Å². The van der Waals surface area contributed by atoms with E-state index in [1.165, 1.54) is 19.3 Å². The van der Waals surface area contributed by atoms with Gasteiger partial charge >= 0.3 is 0 Å². The summed E-state index contributed by atoms with van der Waals surface area (Å²) in [7, 11) is 2.14. The first kappa shape index (κ1) is 13.1. The van der Waals surface area contributed by atoms with Crippen LogP contribution < -0.4 is 0 Å². The average molecular weight is 212 g/mol. The van der Waals surface area contributed by atoms with Gasteiger partial charge in [0.15, 0.2) is 0 Å². The van der Waals surface area contributed by atoms with Crippen molar-refractivity contribution in [2.45, 2.75) is 58.6 Å². The topological polar surface area (TPSA) is 29.5 Å². The quantitative estimate of drug-likeness (QED) is 0.701. The van der Waals surface area contributed by atoms with Gasteiger partial charge in [-0.15, -0.1) is 0 Å². The summed E-state index contributed by atoms with van der Waals surface area (Å²) in [6, 6.07) is 0.318. The molecule has 1 saturated heterocycles. The summed E-state index contributed by atoms with van der Waals surface area (Å²) >= 11 is 0. The van der Waals surface area contributed by atoms with E-state index in [9.17, 15) is 0 Å². The fourth-order valence-corrected chi connectivity index (χ4v) is 2.86. The molecule has 88 valence electrons. The SMILES string of the molecule is B[C@@H]1O[C@H](CO)C[C@H]1CC(C)(C)CCC. The first-order valence-electron chi connectivity index (χ1n) is 6.25. The number of rotatable bonds is 5. The molecule has 0 aromatic carbocycles. The third kappa shape index (κ3) is 3.80. The van der Waals surface area contributed by atoms with Gasteiger partial charge in [-0.05, 0) is 30.6 Å². The second-order valence-electron chi connectivity index (χ2n) is 5.76. The van der Waals surface area contributed by atoms with Crippen molar-refractivity contribution in [3.63, 3.8) is 0 Å². The molecule has 1 rings (SSSR count). The summed E-state index contributed by atoms with van der Waals surface area (Å²) in [5, 5.41) is 9.08. The second kappa shape index (κ2) is 5.35. The molecule has 1 heterocycles. The Balaban J connectivity index is 2.44. The Bertz CT molecular complexity index is 194. The van der Waals surface area contributed by atoms with Crippen molar-refractivity contribution in [2.75, 3.05) is 6.61 Å². The van der Waals surface area contributed by atoms with E-state index in [-0.39, 0.29) is 12.7 Å². The fraction of sp³-hybridized carbons (Fsp3) is 1.00. The molecule has 0 aliphatic carbocycles. The standard InChI is InChI=1S/C12H25BO2/c1-4-5-12(2,3)7-9-6-10(8-14)15-11(9)13/h9-11,14H,4-8,13H2,1-3H3/t9-,10-,11+/m0/s1. The summed E-state index contributed by atoms with van der Waals surface area (Å²) in [5.74, 6) is 0.628. The molecule has 2 nitrogen and oxygen atoms in total. The number of hydrogen-bond acceptors (Lipinski definition) is 2. The van der Waals surface area contributed by atoms with Crippen molar-refractivity contribution in [3.05, 3.63) is 0 Å². The maximum Gasteiger partial charge on any atom is 0.139 e. The minimum absolute atomic E-state index is 0.0856. The number of aliphatic hydroxyl groups excluding tert-OH is 1. The Morgan fingerprint density at radius 1 is 1.47 bits per heavy atom. The fourth-order valence-electron chi connectivity index (χ4n) is 2.86. The lowest BCUT2D eigenvalue weighted by Gasteiger charge is -2.28. The molecule has 0 aromatic rings. The van der Waals surface area contributed by atoms with Gasteiger partial charge in [0.2, 0.25) is 0 Å². The molecule has 0 radical (unpaired) electrons. The summed E-state index contributed by atoms with van der Waals surface area (Å²) in [5.41, 5.74) is 0.418. The molecule has 1 N–H and O–H groups in total. The van der Waals surface area contributed by atoms with Crippen LogP contribution in [-0.4, -0.2) is 31.7 Å². The van der Waals surface area contributed by atoms with Crippen molar-refractivity contribution < 1.29 is 9.84 Å². The average Bonchev–Trinajstić information content (AvgIpc) is 2.46. The van der Waals surface area contributed by atoms with Gasteiger partial charge in [0, 0.05) is 6.00 Å². The maximum atomic E-state index is 9.08. The molecule has 0 spiro atoms. The monoisotopic (exact) mass is 212 g/mol. The molecule has 0 bridgehead atoms. The van der Waals surface area contributed by atoms with E-state index >= 15 is 0 Å². The van der Waals surface area contributed by atoms with Crippen LogP contribution in [0.1, 0.15) is 46.5 Å². The van der Waals surface area contributed by atoms with Gasteiger partial charge in [-0.2, -0.15) is 0 Å². The number of aliphatic hydroxyl groups is 1. The Hall–Kier alpha value is -0.0151. The molecule has 15 heavy (non-hydrogen) atoms. The smallest absolute Gasteiger partial charge is 0.139 e. The van der Waals surface area contributed by atoms with Crippen LogP contribution in [0.15, 0.2) is 0 Å². The minimum atomic E-state index is 0.0856. The predicted molar refractivity (Wildman–Crippen MR) is 65.7 cm³/mol. The van der Waals surface area contributed by atoms with Gasteiger partial charge in [0.25, 0.3) is 0 Å². The highest BCUT2D eigenvalue weighted by Crippen LogP contribution is 2.37. The molecule has 0 aromatic heterocycles. The van der Waals surface area contributed by atoms with Crippen LogP contribution in [0.3, 0.4) is 0 Å². The van der Waals surface area contributed by atoms with Gasteiger partial charge in [-0.1, -0.05) is 27.2 Å². The minimum Gasteiger partial charge on any atom is -0.394 e. The summed E-state index contributed by atoms with van der Waals surface area (Å²) in [4.78, 5) is 0. The van der Waals surface area contributed by atoms with Crippen LogP contribution in [0.25, 0.3) is 0 Å². The largest absolute Gasteiger partial charge is 0.394 e. The van der Waals surface area contributed by atoms with E-state index in [0.29, 0.717) is 17.3 Å². The Kier molecular flexibility index (Phi) is 4.66. The van der Waals surface area contributed by atoms with Crippen LogP contribution in [0.4, 0.5) is 0 Å². The molecule has 1 aliphatic rings. The van der Waals surface area contributed by atoms with E-state index in [2.05, 4.69) is 28.6 Å². The van der Waals surface area contributed by atoms with Gasteiger partial charge in [0.05, 0.1) is 12.7 Å². The maximum absolute atomic E-state index is 9.08. The third-order valence-electron chi connectivity index (χ3n) is 3.58. The number of ether oxygens (including phenoxy) is 1. The van der Waals surface area contributed by atoms with Crippen molar-refractivity contribution in [3.8, 4) is 0 Å². The molecule has 1 fully saturated rings. The van der Waals surface area contributed by atoms with Crippen LogP contribution in [0, 0.1) is 11.3 Å². The molecular formula is C12H25BO2. The molecule has 1 aliphatic heterocycles. The summed E-state index contributed by atoms with van der Waals surface area (Å²) in [6.45, 7) is 7.10. The lowest BCUT2D eigenvalue weighted by Crippen LogP contribution is -2.23. The van der Waals surface area contributed by atoms with Crippen LogP contribution in [-0.2, 0) is 4.74 Å². The highest BCUT2D eigenvalue weighted by molar-refractivity contribution is 6.11. The summed E-state index contributed by atoms with van der Waals surface area (Å²) < 4.78 is 5.70. The summed E-state index contributed by atoms with van der Waals surface area (Å²) in [6.07, 6.45) is 4.87. The molecule has 0 unspecified atom stereocenters. The third-order valence-corrected chi connectivity index (χ3v) is 3.58. The van der Waals surface area contributed by atoms with E-state index in [0.717, 1.165) is 6.42 Å².